The molecule has 0 bridgehead atoms. The number of hydrogen-bond acceptors (Lipinski definition) is 4. The first kappa shape index (κ1) is 15.6. The second-order valence-corrected chi connectivity index (χ2v) is 7.13. The number of carbonyl (C=O) groups excluding carboxylic acids is 2. The van der Waals surface area contributed by atoms with Crippen LogP contribution in [-0.2, 0) is 14.3 Å². The lowest BCUT2D eigenvalue weighted by Gasteiger charge is -2.34. The predicted octanol–water partition coefficient (Wildman–Crippen LogP) is 2.39. The van der Waals surface area contributed by atoms with Gasteiger partial charge < -0.3 is 15.0 Å². The van der Waals surface area contributed by atoms with Gasteiger partial charge in [0.15, 0.2) is 0 Å². The van der Waals surface area contributed by atoms with E-state index in [1.807, 2.05) is 13.0 Å². The van der Waals surface area contributed by atoms with Crippen LogP contribution in [0, 0.1) is 0 Å². The van der Waals surface area contributed by atoms with Gasteiger partial charge in [-0.05, 0) is 25.1 Å². The van der Waals surface area contributed by atoms with Gasteiger partial charge in [-0.2, -0.15) is 0 Å². The molecule has 2 atom stereocenters. The summed E-state index contributed by atoms with van der Waals surface area (Å²) in [5, 5.41) is 3.00. The van der Waals surface area contributed by atoms with Crippen molar-refractivity contribution in [1.29, 1.82) is 0 Å². The fraction of sp³-hybridized carbons (Fsp3) is 0.467. The molecule has 0 aliphatic carbocycles. The van der Waals surface area contributed by atoms with E-state index in [2.05, 4.69) is 5.32 Å². The molecule has 2 aliphatic rings. The maximum atomic E-state index is 12.4. The molecule has 3 rings (SSSR count). The molecular formula is C15H17ClN2O3S. The van der Waals surface area contributed by atoms with E-state index in [1.54, 1.807) is 17.0 Å². The molecule has 1 N–H and O–H groups in total. The van der Waals surface area contributed by atoms with Crippen molar-refractivity contribution in [1.82, 2.24) is 4.90 Å². The molecule has 5 nitrogen and oxygen atoms in total. The Morgan fingerprint density at radius 1 is 1.55 bits per heavy atom. The Bertz CT molecular complexity index is 610. The largest absolute Gasteiger partial charge is 0.377 e. The minimum absolute atomic E-state index is 0.000800. The summed E-state index contributed by atoms with van der Waals surface area (Å²) in [6, 6.07) is 5.44. The second-order valence-electron chi connectivity index (χ2n) is 5.45. The lowest BCUT2D eigenvalue weighted by molar-refractivity contribution is -0.140. The van der Waals surface area contributed by atoms with Gasteiger partial charge in [0.05, 0.1) is 30.2 Å². The number of thioether (sulfide) groups is 1. The molecule has 118 valence electrons. The van der Waals surface area contributed by atoms with E-state index in [4.69, 9.17) is 16.3 Å². The van der Waals surface area contributed by atoms with Gasteiger partial charge in [-0.1, -0.05) is 11.6 Å². The van der Waals surface area contributed by atoms with Crippen LogP contribution in [0.4, 0.5) is 5.69 Å². The molecular weight excluding hydrogens is 324 g/mol. The number of benzene rings is 1. The fourth-order valence-corrected chi connectivity index (χ4v) is 3.88. The summed E-state index contributed by atoms with van der Waals surface area (Å²) in [6.45, 7) is 3.66. The molecule has 7 heteroatoms. The minimum atomic E-state index is -0.406. The van der Waals surface area contributed by atoms with Crippen LogP contribution in [0.1, 0.15) is 13.3 Å². The highest BCUT2D eigenvalue weighted by Gasteiger charge is 2.32. The first-order chi connectivity index (χ1) is 10.5. The fourth-order valence-electron chi connectivity index (χ4n) is 2.63. The highest BCUT2D eigenvalue weighted by Crippen LogP contribution is 2.38. The Morgan fingerprint density at radius 3 is 3.14 bits per heavy atom. The van der Waals surface area contributed by atoms with Crippen LogP contribution in [0.15, 0.2) is 23.1 Å². The molecule has 2 heterocycles. The molecule has 0 radical (unpaired) electrons. The second kappa shape index (κ2) is 6.48. The molecule has 2 amide bonds. The molecule has 0 aromatic heterocycles. The van der Waals surface area contributed by atoms with Crippen LogP contribution < -0.4 is 5.32 Å². The molecule has 1 fully saturated rings. The summed E-state index contributed by atoms with van der Waals surface area (Å²) in [4.78, 5) is 27.4. The Kier molecular flexibility index (Phi) is 4.61. The van der Waals surface area contributed by atoms with E-state index in [1.165, 1.54) is 11.8 Å². The van der Waals surface area contributed by atoms with Crippen molar-refractivity contribution in [2.75, 3.05) is 25.1 Å². The average molecular weight is 341 g/mol. The lowest BCUT2D eigenvalue weighted by Crippen LogP contribution is -2.48. The normalized spacial score (nSPS) is 24.6. The summed E-state index contributed by atoms with van der Waals surface area (Å²) < 4.78 is 5.34. The maximum Gasteiger partial charge on any atom is 0.238 e. The molecule has 0 spiro atoms. The number of ether oxygens (including phenoxy) is 1. The zero-order chi connectivity index (χ0) is 15.7. The number of amides is 2. The Morgan fingerprint density at radius 2 is 2.36 bits per heavy atom. The zero-order valence-corrected chi connectivity index (χ0v) is 13.7. The van der Waals surface area contributed by atoms with Gasteiger partial charge >= 0.3 is 0 Å². The van der Waals surface area contributed by atoms with E-state index < -0.39 is 5.25 Å². The third-order valence-corrected chi connectivity index (χ3v) is 5.32. The van der Waals surface area contributed by atoms with Crippen molar-refractivity contribution < 1.29 is 14.3 Å². The van der Waals surface area contributed by atoms with Crippen molar-refractivity contribution in [3.63, 3.8) is 0 Å². The standard InChI is InChI=1S/C15H17ClN2O3S/c1-9-8-21-5-4-18(9)14(19)7-13-15(20)17-11-6-10(16)2-3-12(11)22-13/h2-3,6,9,13H,4-5,7-8H2,1H3,(H,17,20)/t9-,13-/m1/s1. The van der Waals surface area contributed by atoms with Crippen molar-refractivity contribution >= 4 is 40.9 Å². The molecule has 1 aromatic carbocycles. The quantitative estimate of drug-likeness (QED) is 0.898. The third kappa shape index (κ3) is 3.24. The summed E-state index contributed by atoms with van der Waals surface area (Å²) in [5.74, 6) is -0.144. The SMILES string of the molecule is C[C@@H]1COCCN1C(=O)C[C@H]1Sc2ccc(Cl)cc2NC1=O. The molecule has 2 aliphatic heterocycles. The Balaban J connectivity index is 1.69. The van der Waals surface area contributed by atoms with Gasteiger partial charge in [0.25, 0.3) is 0 Å². The summed E-state index contributed by atoms with van der Waals surface area (Å²) in [5.41, 5.74) is 0.714. The third-order valence-electron chi connectivity index (χ3n) is 3.81. The van der Waals surface area contributed by atoms with E-state index >= 15 is 0 Å². The van der Waals surface area contributed by atoms with Crippen LogP contribution in [0.5, 0.6) is 0 Å². The van der Waals surface area contributed by atoms with E-state index in [0.29, 0.717) is 30.5 Å². The zero-order valence-electron chi connectivity index (χ0n) is 12.2. The number of hydrogen-bond donors (Lipinski definition) is 1. The van der Waals surface area contributed by atoms with E-state index in [-0.39, 0.29) is 24.3 Å². The van der Waals surface area contributed by atoms with Gasteiger partial charge in [-0.25, -0.2) is 0 Å². The predicted molar refractivity (Wildman–Crippen MR) is 86.3 cm³/mol. The van der Waals surface area contributed by atoms with E-state index in [0.717, 1.165) is 4.90 Å². The average Bonchev–Trinajstić information content (AvgIpc) is 2.48. The molecule has 0 unspecified atom stereocenters. The smallest absolute Gasteiger partial charge is 0.238 e. The number of nitrogens with one attached hydrogen (secondary N) is 1. The number of rotatable bonds is 2. The van der Waals surface area contributed by atoms with Crippen molar-refractivity contribution in [2.24, 2.45) is 0 Å². The molecule has 1 saturated heterocycles. The van der Waals surface area contributed by atoms with Gasteiger partial charge in [0.2, 0.25) is 11.8 Å². The number of anilines is 1. The number of morpholine rings is 1. The number of carbonyl (C=O) groups is 2. The first-order valence-corrected chi connectivity index (χ1v) is 8.44. The van der Waals surface area contributed by atoms with Crippen LogP contribution in [0.25, 0.3) is 0 Å². The highest BCUT2D eigenvalue weighted by molar-refractivity contribution is 8.01. The molecule has 22 heavy (non-hydrogen) atoms. The van der Waals surface area contributed by atoms with Crippen LogP contribution in [-0.4, -0.2) is 47.8 Å². The van der Waals surface area contributed by atoms with Crippen LogP contribution in [0.3, 0.4) is 0 Å². The summed E-state index contributed by atoms with van der Waals surface area (Å²) in [7, 11) is 0. The first-order valence-electron chi connectivity index (χ1n) is 7.19. The van der Waals surface area contributed by atoms with Crippen LogP contribution >= 0.6 is 23.4 Å². The van der Waals surface area contributed by atoms with E-state index in [9.17, 15) is 9.59 Å². The van der Waals surface area contributed by atoms with Gasteiger partial charge in [0, 0.05) is 22.9 Å². The molecule has 0 saturated carbocycles. The Labute approximate surface area is 138 Å². The van der Waals surface area contributed by atoms with Crippen LogP contribution in [0.2, 0.25) is 5.02 Å². The van der Waals surface area contributed by atoms with Crippen molar-refractivity contribution in [2.45, 2.75) is 29.5 Å². The minimum Gasteiger partial charge on any atom is -0.377 e. The number of halogens is 1. The molecule has 1 aromatic rings. The van der Waals surface area contributed by atoms with Crippen molar-refractivity contribution in [3.05, 3.63) is 23.2 Å². The van der Waals surface area contributed by atoms with Gasteiger partial charge in [-0.15, -0.1) is 11.8 Å². The number of fused-ring (bicyclic) bond motifs is 1. The van der Waals surface area contributed by atoms with Gasteiger partial charge in [0.1, 0.15) is 0 Å². The number of nitrogens with zero attached hydrogens (tertiary/aromatic N) is 1. The van der Waals surface area contributed by atoms with Crippen molar-refractivity contribution in [3.8, 4) is 0 Å². The maximum absolute atomic E-state index is 12.4. The monoisotopic (exact) mass is 340 g/mol. The summed E-state index contributed by atoms with van der Waals surface area (Å²) >= 11 is 7.35. The summed E-state index contributed by atoms with van der Waals surface area (Å²) in [6.07, 6.45) is 0.197. The topological polar surface area (TPSA) is 58.6 Å². The lowest BCUT2D eigenvalue weighted by atomic mass is 10.2. The Hall–Kier alpha value is -1.24. The highest BCUT2D eigenvalue weighted by atomic mass is 35.5. The van der Waals surface area contributed by atoms with Gasteiger partial charge in [-0.3, -0.25) is 9.59 Å².